The molecule has 1 N–H and O–H groups in total. The van der Waals surface area contributed by atoms with E-state index in [1.165, 1.54) is 0 Å². The number of hydrogen-bond acceptors (Lipinski definition) is 3. The molecule has 5 nitrogen and oxygen atoms in total. The number of hydrogen-bond donors (Lipinski definition) is 1. The van der Waals surface area contributed by atoms with Gasteiger partial charge in [0.1, 0.15) is 0 Å². The van der Waals surface area contributed by atoms with Crippen LogP contribution >= 0.6 is 0 Å². The number of aryl methyl sites for hydroxylation is 2. The van der Waals surface area contributed by atoms with Crippen LogP contribution in [-0.2, 0) is 11.4 Å². The second kappa shape index (κ2) is 8.99. The number of nitrogens with one attached hydrogen (secondary N) is 1. The highest BCUT2D eigenvalue weighted by atomic mass is 16.6. The molecule has 0 aliphatic heterocycles. The fourth-order valence-electron chi connectivity index (χ4n) is 2.24. The van der Waals surface area contributed by atoms with Crippen molar-refractivity contribution in [3.05, 3.63) is 64.7 Å². The Bertz CT molecular complexity index is 742. The molecule has 25 heavy (non-hydrogen) atoms. The van der Waals surface area contributed by atoms with Crippen molar-refractivity contribution in [2.24, 2.45) is 4.99 Å². The van der Waals surface area contributed by atoms with Gasteiger partial charge in [-0.25, -0.2) is 10.5 Å². The van der Waals surface area contributed by atoms with Gasteiger partial charge in [-0.15, -0.1) is 0 Å². The molecule has 0 heterocycles. The number of hydroxylamine groups is 1. The first kappa shape index (κ1) is 18.7. The van der Waals surface area contributed by atoms with Crippen LogP contribution in [0.3, 0.4) is 0 Å². The number of carbonyl (C=O) groups excluding carboxylic acids is 1. The lowest BCUT2D eigenvalue weighted by atomic mass is 10.0. The van der Waals surface area contributed by atoms with Crippen molar-refractivity contribution in [3.8, 4) is 0 Å². The van der Waals surface area contributed by atoms with Gasteiger partial charge in [0.2, 0.25) is 0 Å². The number of aliphatic imine (C=N–C) groups is 1. The minimum Gasteiger partial charge on any atom is -0.366 e. The molecule has 1 amide bonds. The van der Waals surface area contributed by atoms with Crippen LogP contribution in [0.1, 0.15) is 34.0 Å². The van der Waals surface area contributed by atoms with Crippen molar-refractivity contribution in [2.45, 2.75) is 27.4 Å². The second-order valence-corrected chi connectivity index (χ2v) is 5.98. The van der Waals surface area contributed by atoms with Crippen LogP contribution in [0.5, 0.6) is 0 Å². The van der Waals surface area contributed by atoms with Crippen LogP contribution in [-0.4, -0.2) is 30.7 Å². The zero-order chi connectivity index (χ0) is 18.2. The summed E-state index contributed by atoms with van der Waals surface area (Å²) in [5.74, 6) is -0.252. The van der Waals surface area contributed by atoms with E-state index in [-0.39, 0.29) is 5.91 Å². The summed E-state index contributed by atoms with van der Waals surface area (Å²) in [7, 11) is 1.97. The lowest BCUT2D eigenvalue weighted by molar-refractivity contribution is 0.0233. The van der Waals surface area contributed by atoms with Gasteiger partial charge in [-0.2, -0.15) is 0 Å². The maximum absolute atomic E-state index is 12.3. The monoisotopic (exact) mass is 339 g/mol. The predicted octanol–water partition coefficient (Wildman–Crippen LogP) is 3.78. The van der Waals surface area contributed by atoms with Crippen molar-refractivity contribution >= 4 is 17.9 Å². The summed E-state index contributed by atoms with van der Waals surface area (Å²) in [6.45, 7) is 7.12. The molecule has 0 aliphatic rings. The molecule has 2 aromatic carbocycles. The maximum atomic E-state index is 12.3. The Morgan fingerprint density at radius 1 is 1.20 bits per heavy atom. The third-order valence-corrected chi connectivity index (χ3v) is 3.93. The summed E-state index contributed by atoms with van der Waals surface area (Å²) in [6.07, 6.45) is 1.80. The Labute approximate surface area is 149 Å². The van der Waals surface area contributed by atoms with Crippen molar-refractivity contribution in [1.29, 1.82) is 0 Å². The van der Waals surface area contributed by atoms with E-state index in [1.807, 2.05) is 68.3 Å². The molecule has 0 saturated carbocycles. The van der Waals surface area contributed by atoms with Gasteiger partial charge in [0.05, 0.1) is 18.6 Å². The van der Waals surface area contributed by atoms with Gasteiger partial charge in [0.25, 0.3) is 5.91 Å². The standard InChI is InChI=1S/C20H25N3O2/c1-5-23(4)14-21-19-12-15(2)18(11-16(19)3)20(24)22-25-13-17-9-7-6-8-10-17/h6-12,14H,5,13H2,1-4H3,(H,22,24). The lowest BCUT2D eigenvalue weighted by Gasteiger charge is -2.12. The Morgan fingerprint density at radius 3 is 2.60 bits per heavy atom. The highest BCUT2D eigenvalue weighted by molar-refractivity contribution is 5.95. The van der Waals surface area contributed by atoms with E-state index in [9.17, 15) is 4.79 Å². The van der Waals surface area contributed by atoms with E-state index in [0.29, 0.717) is 12.2 Å². The first-order chi connectivity index (χ1) is 12.0. The summed E-state index contributed by atoms with van der Waals surface area (Å²) in [4.78, 5) is 24.1. The molecule has 0 radical (unpaired) electrons. The fraction of sp³-hybridized carbons (Fsp3) is 0.300. The molecule has 132 valence electrons. The molecule has 0 aliphatic carbocycles. The average molecular weight is 339 g/mol. The third kappa shape index (κ3) is 5.43. The van der Waals surface area contributed by atoms with Crippen molar-refractivity contribution in [1.82, 2.24) is 10.4 Å². The number of rotatable bonds is 7. The minimum atomic E-state index is -0.252. The molecule has 0 unspecified atom stereocenters. The van der Waals surface area contributed by atoms with E-state index >= 15 is 0 Å². The average Bonchev–Trinajstić information content (AvgIpc) is 2.62. The van der Waals surface area contributed by atoms with Gasteiger partial charge in [-0.3, -0.25) is 9.63 Å². The Kier molecular flexibility index (Phi) is 6.71. The van der Waals surface area contributed by atoms with Gasteiger partial charge < -0.3 is 4.90 Å². The third-order valence-electron chi connectivity index (χ3n) is 3.93. The second-order valence-electron chi connectivity index (χ2n) is 5.98. The topological polar surface area (TPSA) is 53.9 Å². The zero-order valence-electron chi connectivity index (χ0n) is 15.2. The van der Waals surface area contributed by atoms with E-state index < -0.39 is 0 Å². The van der Waals surface area contributed by atoms with Crippen LogP contribution in [0.25, 0.3) is 0 Å². The van der Waals surface area contributed by atoms with E-state index in [0.717, 1.165) is 28.9 Å². The van der Waals surface area contributed by atoms with Crippen LogP contribution in [0.4, 0.5) is 5.69 Å². The van der Waals surface area contributed by atoms with Gasteiger partial charge in [-0.1, -0.05) is 30.3 Å². The summed E-state index contributed by atoms with van der Waals surface area (Å²) in [6, 6.07) is 13.5. The smallest absolute Gasteiger partial charge is 0.275 e. The number of amides is 1. The van der Waals surface area contributed by atoms with Crippen LogP contribution < -0.4 is 5.48 Å². The summed E-state index contributed by atoms with van der Waals surface area (Å²) in [5, 5.41) is 0. The quantitative estimate of drug-likeness (QED) is 0.474. The molecule has 0 fully saturated rings. The molecular formula is C20H25N3O2. The van der Waals surface area contributed by atoms with Gasteiger partial charge >= 0.3 is 0 Å². The predicted molar refractivity (Wildman–Crippen MR) is 101 cm³/mol. The zero-order valence-corrected chi connectivity index (χ0v) is 15.2. The summed E-state index contributed by atoms with van der Waals surface area (Å²) >= 11 is 0. The molecule has 5 heteroatoms. The van der Waals surface area contributed by atoms with Crippen molar-refractivity contribution in [3.63, 3.8) is 0 Å². The SMILES string of the molecule is CCN(C)C=Nc1cc(C)c(C(=O)NOCc2ccccc2)cc1C. The maximum Gasteiger partial charge on any atom is 0.275 e. The molecule has 0 atom stereocenters. The first-order valence-electron chi connectivity index (χ1n) is 8.33. The van der Waals surface area contributed by atoms with Gasteiger partial charge in [-0.05, 0) is 49.6 Å². The molecule has 2 rings (SSSR count). The van der Waals surface area contributed by atoms with Crippen molar-refractivity contribution < 1.29 is 9.63 Å². The summed E-state index contributed by atoms with van der Waals surface area (Å²) < 4.78 is 0. The molecular weight excluding hydrogens is 314 g/mol. The van der Waals surface area contributed by atoms with Gasteiger partial charge in [0, 0.05) is 19.2 Å². The largest absolute Gasteiger partial charge is 0.366 e. The van der Waals surface area contributed by atoms with Crippen LogP contribution in [0.15, 0.2) is 47.5 Å². The molecule has 0 aromatic heterocycles. The van der Waals surface area contributed by atoms with Crippen LogP contribution in [0, 0.1) is 13.8 Å². The molecule has 0 spiro atoms. The highest BCUT2D eigenvalue weighted by Crippen LogP contribution is 2.23. The van der Waals surface area contributed by atoms with Crippen molar-refractivity contribution in [2.75, 3.05) is 13.6 Å². The fourth-order valence-corrected chi connectivity index (χ4v) is 2.24. The number of benzene rings is 2. The molecule has 2 aromatic rings. The first-order valence-corrected chi connectivity index (χ1v) is 8.33. The highest BCUT2D eigenvalue weighted by Gasteiger charge is 2.12. The summed E-state index contributed by atoms with van der Waals surface area (Å²) in [5.41, 5.74) is 6.76. The Morgan fingerprint density at radius 2 is 1.92 bits per heavy atom. The van der Waals surface area contributed by atoms with E-state index in [1.54, 1.807) is 6.34 Å². The van der Waals surface area contributed by atoms with E-state index in [2.05, 4.69) is 17.4 Å². The Hall–Kier alpha value is -2.66. The number of nitrogens with zero attached hydrogens (tertiary/aromatic N) is 2. The van der Waals surface area contributed by atoms with Gasteiger partial charge in [0.15, 0.2) is 0 Å². The molecule has 0 saturated heterocycles. The minimum absolute atomic E-state index is 0.252. The van der Waals surface area contributed by atoms with Crippen LogP contribution in [0.2, 0.25) is 0 Å². The van der Waals surface area contributed by atoms with E-state index in [4.69, 9.17) is 4.84 Å². The lowest BCUT2D eigenvalue weighted by Crippen LogP contribution is -2.24. The Balaban J connectivity index is 2.02. The number of carbonyl (C=O) groups is 1. The normalized spacial score (nSPS) is 10.9. The molecule has 0 bridgehead atoms.